The zero-order chi connectivity index (χ0) is 34.3. The molecule has 7 atom stereocenters. The van der Waals surface area contributed by atoms with Crippen LogP contribution in [0.4, 0.5) is 0 Å². The largest absolute Gasteiger partial charge is 0.462 e. The monoisotopic (exact) mass is 667 g/mol. The van der Waals surface area contributed by atoms with E-state index in [0.29, 0.717) is 25.7 Å². The maximum absolute atomic E-state index is 11.8. The van der Waals surface area contributed by atoms with Crippen molar-refractivity contribution in [3.63, 3.8) is 0 Å². The number of aliphatic hydroxyl groups excluding tert-OH is 3. The Morgan fingerprint density at radius 3 is 1.85 bits per heavy atom. The average molecular weight is 667 g/mol. The van der Waals surface area contributed by atoms with Crippen LogP contribution in [0.3, 0.4) is 0 Å². The number of cyclic esters (lactones) is 1. The number of hydrogen-bond donors (Lipinski definition) is 3. The molecule has 2 unspecified atom stereocenters. The number of esters is 2. The molecular formula is C39H70O8. The highest BCUT2D eigenvalue weighted by Crippen LogP contribution is 2.29. The van der Waals surface area contributed by atoms with Gasteiger partial charge in [0.05, 0.1) is 30.5 Å². The van der Waals surface area contributed by atoms with E-state index in [2.05, 4.69) is 6.92 Å². The highest BCUT2D eigenvalue weighted by atomic mass is 16.6. The Kier molecular flexibility index (Phi) is 22.6. The molecule has 0 aromatic carbocycles. The Morgan fingerprint density at radius 2 is 1.28 bits per heavy atom. The molecule has 0 amide bonds. The molecule has 3 N–H and O–H groups in total. The van der Waals surface area contributed by atoms with Gasteiger partial charge < -0.3 is 29.5 Å². The fraction of sp³-hybridized carbons (Fsp3) is 0.897. The summed E-state index contributed by atoms with van der Waals surface area (Å²) in [4.78, 5) is 23.4. The summed E-state index contributed by atoms with van der Waals surface area (Å²) in [6.45, 7) is 5.53. The van der Waals surface area contributed by atoms with E-state index in [0.717, 1.165) is 89.0 Å². The molecule has 8 heteroatoms. The van der Waals surface area contributed by atoms with Gasteiger partial charge in [-0.2, -0.15) is 0 Å². The SMILES string of the molecule is CCCCCCCCCCCC[C@H](O)[C@H]1CC[C@H]([C@@H](O)CC(CCCCC(O)CCCCCCCC2=C[C@H](C)OC2=O)OC(C)=O)O1. The smallest absolute Gasteiger partial charge is 0.334 e. The van der Waals surface area contributed by atoms with E-state index in [1.807, 2.05) is 13.0 Å². The Labute approximate surface area is 286 Å². The molecule has 0 bridgehead atoms. The van der Waals surface area contributed by atoms with E-state index in [1.54, 1.807) is 0 Å². The third kappa shape index (κ3) is 19.3. The first-order valence-electron chi connectivity index (χ1n) is 19.5. The van der Waals surface area contributed by atoms with Gasteiger partial charge in [0.25, 0.3) is 0 Å². The van der Waals surface area contributed by atoms with Crippen molar-refractivity contribution in [2.45, 2.75) is 224 Å². The van der Waals surface area contributed by atoms with Crippen LogP contribution in [0.25, 0.3) is 0 Å². The van der Waals surface area contributed by atoms with Crippen LogP contribution in [0.1, 0.15) is 181 Å². The maximum atomic E-state index is 11.8. The summed E-state index contributed by atoms with van der Waals surface area (Å²) in [5, 5.41) is 32.1. The molecule has 0 aliphatic carbocycles. The van der Waals surface area contributed by atoms with E-state index in [1.165, 1.54) is 58.3 Å². The maximum Gasteiger partial charge on any atom is 0.334 e. The van der Waals surface area contributed by atoms with E-state index >= 15 is 0 Å². The summed E-state index contributed by atoms with van der Waals surface area (Å²) in [6, 6.07) is 0. The van der Waals surface area contributed by atoms with Crippen LogP contribution >= 0.6 is 0 Å². The molecule has 8 nitrogen and oxygen atoms in total. The lowest BCUT2D eigenvalue weighted by Crippen LogP contribution is -2.34. The Bertz CT molecular complexity index is 860. The zero-order valence-electron chi connectivity index (χ0n) is 30.2. The molecule has 1 fully saturated rings. The van der Waals surface area contributed by atoms with Crippen molar-refractivity contribution in [3.05, 3.63) is 11.6 Å². The van der Waals surface area contributed by atoms with Gasteiger partial charge in [0.1, 0.15) is 12.2 Å². The average Bonchev–Trinajstić information content (AvgIpc) is 3.65. The highest BCUT2D eigenvalue weighted by Gasteiger charge is 2.35. The number of rotatable bonds is 29. The molecule has 274 valence electrons. The summed E-state index contributed by atoms with van der Waals surface area (Å²) < 4.78 is 16.8. The fourth-order valence-corrected chi connectivity index (χ4v) is 7.10. The molecule has 2 rings (SSSR count). The number of ether oxygens (including phenoxy) is 3. The molecule has 0 spiro atoms. The lowest BCUT2D eigenvalue weighted by atomic mass is 9.98. The predicted molar refractivity (Wildman–Crippen MR) is 187 cm³/mol. The molecule has 47 heavy (non-hydrogen) atoms. The van der Waals surface area contributed by atoms with Crippen LogP contribution < -0.4 is 0 Å². The summed E-state index contributed by atoms with van der Waals surface area (Å²) in [5.41, 5.74) is 0.809. The molecule has 0 aromatic heterocycles. The number of unbranched alkanes of at least 4 members (excludes halogenated alkanes) is 14. The van der Waals surface area contributed by atoms with Gasteiger partial charge in [-0.25, -0.2) is 4.79 Å². The van der Waals surface area contributed by atoms with Crippen LogP contribution in [0.2, 0.25) is 0 Å². The van der Waals surface area contributed by atoms with Gasteiger partial charge in [0.2, 0.25) is 0 Å². The van der Waals surface area contributed by atoms with E-state index in [4.69, 9.17) is 14.2 Å². The van der Waals surface area contributed by atoms with Gasteiger partial charge in [-0.15, -0.1) is 0 Å². The summed E-state index contributed by atoms with van der Waals surface area (Å²) in [6.07, 6.45) is 24.3. The molecule has 0 aromatic rings. The standard InChI is InChI=1S/C39H70O8/c1-4-5-6-7-8-9-10-11-15-18-25-35(42)37-26-27-38(47-37)36(43)29-34(46-31(3)40)24-20-19-23-33(41)22-17-14-12-13-16-21-32-28-30(2)45-39(32)44/h28,30,33-38,41-43H,4-27,29H2,1-3H3/t30-,33?,34?,35-,36-,37+,38+/m0/s1. The van der Waals surface area contributed by atoms with Gasteiger partial charge in [0, 0.05) is 18.9 Å². The minimum atomic E-state index is -0.744. The predicted octanol–water partition coefficient (Wildman–Crippen LogP) is 8.41. The first-order chi connectivity index (χ1) is 22.7. The van der Waals surface area contributed by atoms with Crippen molar-refractivity contribution >= 4 is 11.9 Å². The molecule has 0 saturated carbocycles. The minimum Gasteiger partial charge on any atom is -0.462 e. The van der Waals surface area contributed by atoms with Crippen LogP contribution in [-0.4, -0.2) is 70.0 Å². The summed E-state index contributed by atoms with van der Waals surface area (Å²) in [5.74, 6) is -0.522. The lowest BCUT2D eigenvalue weighted by Gasteiger charge is -2.25. The van der Waals surface area contributed by atoms with Gasteiger partial charge in [-0.3, -0.25) is 4.79 Å². The highest BCUT2D eigenvalue weighted by molar-refractivity contribution is 5.90. The Balaban J connectivity index is 1.52. The zero-order valence-corrected chi connectivity index (χ0v) is 30.2. The minimum absolute atomic E-state index is 0.0951. The van der Waals surface area contributed by atoms with Crippen molar-refractivity contribution in [1.29, 1.82) is 0 Å². The van der Waals surface area contributed by atoms with Crippen LogP contribution in [0, 0.1) is 0 Å². The molecular weight excluding hydrogens is 596 g/mol. The Hall–Kier alpha value is -1.48. The van der Waals surface area contributed by atoms with Gasteiger partial charge in [-0.05, 0) is 70.8 Å². The topological polar surface area (TPSA) is 123 Å². The lowest BCUT2D eigenvalue weighted by molar-refractivity contribution is -0.150. The van der Waals surface area contributed by atoms with E-state index in [9.17, 15) is 24.9 Å². The number of aliphatic hydroxyl groups is 3. The Morgan fingerprint density at radius 1 is 0.766 bits per heavy atom. The second-order valence-electron chi connectivity index (χ2n) is 14.4. The normalized spacial score (nSPS) is 22.1. The third-order valence-corrected chi connectivity index (χ3v) is 9.92. The summed E-state index contributed by atoms with van der Waals surface area (Å²) >= 11 is 0. The van der Waals surface area contributed by atoms with Crippen LogP contribution in [-0.2, 0) is 23.8 Å². The fourth-order valence-electron chi connectivity index (χ4n) is 7.10. The van der Waals surface area contributed by atoms with Gasteiger partial charge in [0.15, 0.2) is 0 Å². The number of carbonyl (C=O) groups is 2. The van der Waals surface area contributed by atoms with Gasteiger partial charge in [-0.1, -0.05) is 103 Å². The third-order valence-electron chi connectivity index (χ3n) is 9.92. The van der Waals surface area contributed by atoms with Crippen molar-refractivity contribution in [3.8, 4) is 0 Å². The molecule has 2 aliphatic rings. The number of carbonyl (C=O) groups excluding carboxylic acids is 2. The summed E-state index contributed by atoms with van der Waals surface area (Å²) in [7, 11) is 0. The molecule has 2 aliphatic heterocycles. The van der Waals surface area contributed by atoms with Crippen molar-refractivity contribution in [2.75, 3.05) is 0 Å². The van der Waals surface area contributed by atoms with Crippen LogP contribution in [0.15, 0.2) is 11.6 Å². The van der Waals surface area contributed by atoms with Crippen molar-refractivity contribution < 1.29 is 39.1 Å². The van der Waals surface area contributed by atoms with Gasteiger partial charge >= 0.3 is 11.9 Å². The van der Waals surface area contributed by atoms with Crippen LogP contribution in [0.5, 0.6) is 0 Å². The van der Waals surface area contributed by atoms with Crippen molar-refractivity contribution in [2.24, 2.45) is 0 Å². The van der Waals surface area contributed by atoms with E-state index < -0.39 is 12.2 Å². The first kappa shape index (κ1) is 41.7. The molecule has 2 heterocycles. The molecule has 0 radical (unpaired) electrons. The molecule has 1 saturated heterocycles. The van der Waals surface area contributed by atoms with E-state index in [-0.39, 0.29) is 42.5 Å². The van der Waals surface area contributed by atoms with Crippen molar-refractivity contribution in [1.82, 2.24) is 0 Å². The number of hydrogen-bond acceptors (Lipinski definition) is 8. The first-order valence-corrected chi connectivity index (χ1v) is 19.5. The second kappa shape index (κ2) is 25.5. The second-order valence-corrected chi connectivity index (χ2v) is 14.4. The quantitative estimate of drug-likeness (QED) is 0.0537.